The number of hydrogen-bond donors (Lipinski definition) is 2. The number of carbonyl (C=O) groups is 1. The lowest BCUT2D eigenvalue weighted by Gasteiger charge is -2.11. The molecule has 3 nitrogen and oxygen atoms in total. The molecule has 0 radical (unpaired) electrons. The molecule has 0 atom stereocenters. The summed E-state index contributed by atoms with van der Waals surface area (Å²) in [7, 11) is 0. The first-order chi connectivity index (χ1) is 7.56. The van der Waals surface area contributed by atoms with Crippen molar-refractivity contribution in [3.05, 3.63) is 34.4 Å². The topological polar surface area (TPSA) is 49.3 Å². The van der Waals surface area contributed by atoms with Gasteiger partial charge in [-0.25, -0.2) is 0 Å². The molecule has 1 amide bonds. The first-order valence-corrected chi connectivity index (χ1v) is 5.49. The Kier molecular flexibility index (Phi) is 4.50. The SMILES string of the molecule is Cc1ccc(CCNC(=O)CO)c(C)c1C. The fourth-order valence-corrected chi connectivity index (χ4v) is 1.68. The Balaban J connectivity index is 2.61. The monoisotopic (exact) mass is 221 g/mol. The summed E-state index contributed by atoms with van der Waals surface area (Å²) in [6, 6.07) is 4.20. The highest BCUT2D eigenvalue weighted by Gasteiger charge is 2.04. The number of nitrogens with one attached hydrogen (secondary N) is 1. The van der Waals surface area contributed by atoms with Crippen LogP contribution in [-0.2, 0) is 11.2 Å². The molecule has 1 aromatic carbocycles. The molecule has 0 aliphatic carbocycles. The van der Waals surface area contributed by atoms with E-state index in [0.717, 1.165) is 6.42 Å². The predicted octanol–water partition coefficient (Wildman–Crippen LogP) is 1.26. The van der Waals surface area contributed by atoms with Gasteiger partial charge >= 0.3 is 0 Å². The van der Waals surface area contributed by atoms with E-state index in [9.17, 15) is 4.79 Å². The van der Waals surface area contributed by atoms with Crippen LogP contribution in [0.2, 0.25) is 0 Å². The zero-order chi connectivity index (χ0) is 12.1. The van der Waals surface area contributed by atoms with Crippen LogP contribution >= 0.6 is 0 Å². The lowest BCUT2D eigenvalue weighted by atomic mass is 9.97. The van der Waals surface area contributed by atoms with Crippen LogP contribution in [0.3, 0.4) is 0 Å². The van der Waals surface area contributed by atoms with Crippen molar-refractivity contribution in [3.63, 3.8) is 0 Å². The van der Waals surface area contributed by atoms with Gasteiger partial charge in [0.1, 0.15) is 6.61 Å². The van der Waals surface area contributed by atoms with Crippen molar-refractivity contribution in [1.82, 2.24) is 5.32 Å². The van der Waals surface area contributed by atoms with Crippen molar-refractivity contribution < 1.29 is 9.90 Å². The Hall–Kier alpha value is -1.35. The molecule has 0 saturated carbocycles. The van der Waals surface area contributed by atoms with Crippen LogP contribution in [0.25, 0.3) is 0 Å². The third-order valence-corrected chi connectivity index (χ3v) is 3.03. The van der Waals surface area contributed by atoms with Gasteiger partial charge in [0.15, 0.2) is 0 Å². The summed E-state index contributed by atoms with van der Waals surface area (Å²) in [4.78, 5) is 10.8. The van der Waals surface area contributed by atoms with Gasteiger partial charge in [-0.2, -0.15) is 0 Å². The van der Waals surface area contributed by atoms with Crippen LogP contribution in [0.5, 0.6) is 0 Å². The summed E-state index contributed by atoms with van der Waals surface area (Å²) >= 11 is 0. The summed E-state index contributed by atoms with van der Waals surface area (Å²) in [6.45, 7) is 6.44. The molecule has 2 N–H and O–H groups in total. The number of aliphatic hydroxyl groups is 1. The Morgan fingerprint density at radius 2 is 1.94 bits per heavy atom. The molecule has 16 heavy (non-hydrogen) atoms. The number of amides is 1. The van der Waals surface area contributed by atoms with Gasteiger partial charge in [0, 0.05) is 6.54 Å². The molecule has 1 rings (SSSR count). The standard InChI is InChI=1S/C13H19NO2/c1-9-4-5-12(11(3)10(9)2)6-7-14-13(16)8-15/h4-5,15H,6-8H2,1-3H3,(H,14,16). The molecular formula is C13H19NO2. The maximum atomic E-state index is 10.8. The minimum Gasteiger partial charge on any atom is -0.387 e. The summed E-state index contributed by atoms with van der Waals surface area (Å²) in [6.07, 6.45) is 0.804. The summed E-state index contributed by atoms with van der Waals surface area (Å²) in [5.74, 6) is -0.318. The molecule has 0 saturated heterocycles. The van der Waals surface area contributed by atoms with Crippen LogP contribution in [-0.4, -0.2) is 24.2 Å². The fraction of sp³-hybridized carbons (Fsp3) is 0.462. The van der Waals surface area contributed by atoms with E-state index in [1.165, 1.54) is 22.3 Å². The summed E-state index contributed by atoms with van der Waals surface area (Å²) < 4.78 is 0. The van der Waals surface area contributed by atoms with E-state index in [1.54, 1.807) is 0 Å². The number of hydrogen-bond acceptors (Lipinski definition) is 2. The van der Waals surface area contributed by atoms with Crippen molar-refractivity contribution in [2.75, 3.05) is 13.2 Å². The predicted molar refractivity (Wildman–Crippen MR) is 64.5 cm³/mol. The second-order valence-corrected chi connectivity index (χ2v) is 4.05. The second kappa shape index (κ2) is 5.66. The quantitative estimate of drug-likeness (QED) is 0.804. The molecule has 0 aliphatic heterocycles. The average molecular weight is 221 g/mol. The molecule has 0 unspecified atom stereocenters. The van der Waals surface area contributed by atoms with Gasteiger partial charge in [-0.15, -0.1) is 0 Å². The van der Waals surface area contributed by atoms with Crippen molar-refractivity contribution in [2.45, 2.75) is 27.2 Å². The highest BCUT2D eigenvalue weighted by molar-refractivity contribution is 5.76. The van der Waals surface area contributed by atoms with E-state index in [0.29, 0.717) is 6.54 Å². The van der Waals surface area contributed by atoms with Crippen LogP contribution in [0, 0.1) is 20.8 Å². The third-order valence-electron chi connectivity index (χ3n) is 3.03. The highest BCUT2D eigenvalue weighted by Crippen LogP contribution is 2.17. The van der Waals surface area contributed by atoms with Gasteiger partial charge in [-0.1, -0.05) is 12.1 Å². The normalized spacial score (nSPS) is 10.2. The zero-order valence-electron chi connectivity index (χ0n) is 10.1. The molecule has 0 bridgehead atoms. The van der Waals surface area contributed by atoms with Gasteiger partial charge in [0.25, 0.3) is 0 Å². The summed E-state index contributed by atoms with van der Waals surface area (Å²) in [5, 5.41) is 11.2. The zero-order valence-corrected chi connectivity index (χ0v) is 10.1. The first-order valence-electron chi connectivity index (χ1n) is 5.49. The average Bonchev–Trinajstić information content (AvgIpc) is 2.29. The van der Waals surface area contributed by atoms with Crippen molar-refractivity contribution in [1.29, 1.82) is 0 Å². The number of benzene rings is 1. The van der Waals surface area contributed by atoms with E-state index in [-0.39, 0.29) is 5.91 Å². The molecule has 0 aliphatic rings. The minimum absolute atomic E-state index is 0.318. The Labute approximate surface area is 96.5 Å². The third kappa shape index (κ3) is 3.07. The van der Waals surface area contributed by atoms with Crippen molar-refractivity contribution in [2.24, 2.45) is 0 Å². The van der Waals surface area contributed by atoms with E-state index in [4.69, 9.17) is 5.11 Å². The molecule has 0 aromatic heterocycles. The Morgan fingerprint density at radius 3 is 2.56 bits per heavy atom. The van der Waals surface area contributed by atoms with Gasteiger partial charge in [0.2, 0.25) is 5.91 Å². The van der Waals surface area contributed by atoms with E-state index in [2.05, 4.69) is 38.2 Å². The molecule has 1 aromatic rings. The smallest absolute Gasteiger partial charge is 0.245 e. The number of aryl methyl sites for hydroxylation is 1. The van der Waals surface area contributed by atoms with Crippen molar-refractivity contribution in [3.8, 4) is 0 Å². The minimum atomic E-state index is -0.439. The van der Waals surface area contributed by atoms with E-state index < -0.39 is 6.61 Å². The van der Waals surface area contributed by atoms with E-state index >= 15 is 0 Å². The second-order valence-electron chi connectivity index (χ2n) is 4.05. The highest BCUT2D eigenvalue weighted by atomic mass is 16.3. The summed E-state index contributed by atoms with van der Waals surface area (Å²) in [5.41, 5.74) is 5.14. The first kappa shape index (κ1) is 12.7. The van der Waals surface area contributed by atoms with Gasteiger partial charge < -0.3 is 10.4 Å². The Morgan fingerprint density at radius 1 is 1.25 bits per heavy atom. The van der Waals surface area contributed by atoms with E-state index in [1.807, 2.05) is 0 Å². The van der Waals surface area contributed by atoms with Gasteiger partial charge in [-0.3, -0.25) is 4.79 Å². The molecule has 0 fully saturated rings. The largest absolute Gasteiger partial charge is 0.387 e. The molecule has 0 spiro atoms. The number of aliphatic hydroxyl groups excluding tert-OH is 1. The van der Waals surface area contributed by atoms with Gasteiger partial charge in [0.05, 0.1) is 0 Å². The Bertz CT molecular complexity index is 386. The lowest BCUT2D eigenvalue weighted by molar-refractivity contribution is -0.123. The molecule has 88 valence electrons. The van der Waals surface area contributed by atoms with Gasteiger partial charge in [-0.05, 0) is 49.4 Å². The number of rotatable bonds is 4. The lowest BCUT2D eigenvalue weighted by Crippen LogP contribution is -2.28. The molecule has 0 heterocycles. The van der Waals surface area contributed by atoms with Crippen LogP contribution in [0.1, 0.15) is 22.3 Å². The fourth-order valence-electron chi connectivity index (χ4n) is 1.68. The van der Waals surface area contributed by atoms with Crippen molar-refractivity contribution >= 4 is 5.91 Å². The van der Waals surface area contributed by atoms with Crippen LogP contribution in [0.15, 0.2) is 12.1 Å². The van der Waals surface area contributed by atoms with Crippen LogP contribution in [0.4, 0.5) is 0 Å². The van der Waals surface area contributed by atoms with Crippen LogP contribution < -0.4 is 5.32 Å². The maximum absolute atomic E-state index is 10.8. The molecule has 3 heteroatoms. The molecular weight excluding hydrogens is 202 g/mol. The number of carbonyl (C=O) groups excluding carboxylic acids is 1. The maximum Gasteiger partial charge on any atom is 0.245 e.